The number of thioether (sulfide) groups is 1. The van der Waals surface area contributed by atoms with Gasteiger partial charge < -0.3 is 19.6 Å². The maximum Gasteiger partial charge on any atom is 0.271 e. The average Bonchev–Trinajstić information content (AvgIpc) is 3.27. The summed E-state index contributed by atoms with van der Waals surface area (Å²) in [5.74, 6) is 0.793. The van der Waals surface area contributed by atoms with Crippen molar-refractivity contribution in [1.29, 1.82) is 0 Å². The van der Waals surface area contributed by atoms with E-state index in [1.807, 2.05) is 36.4 Å². The fourth-order valence-corrected chi connectivity index (χ4v) is 3.96. The first kappa shape index (κ1) is 22.2. The number of ether oxygens (including phenoxy) is 2. The van der Waals surface area contributed by atoms with Gasteiger partial charge in [0.25, 0.3) is 5.91 Å². The zero-order valence-electron chi connectivity index (χ0n) is 18.0. The van der Waals surface area contributed by atoms with Crippen LogP contribution in [0.25, 0.3) is 11.0 Å². The minimum absolute atomic E-state index is 0.0974. The highest BCUT2D eigenvalue weighted by atomic mass is 32.2. The molecule has 168 valence electrons. The highest BCUT2D eigenvalue weighted by molar-refractivity contribution is 7.98. The quantitative estimate of drug-likeness (QED) is 0.204. The first-order valence-corrected chi connectivity index (χ1v) is 11.0. The van der Waals surface area contributed by atoms with Gasteiger partial charge in [-0.2, -0.15) is 5.10 Å². The number of para-hydroxylation sites is 2. The van der Waals surface area contributed by atoms with Crippen LogP contribution in [0.1, 0.15) is 21.5 Å². The highest BCUT2D eigenvalue weighted by Crippen LogP contribution is 2.36. The van der Waals surface area contributed by atoms with Crippen LogP contribution in [0.3, 0.4) is 0 Å². The number of methoxy groups -OCH3 is 2. The number of phenolic OH excluding ortho intramolecular Hbond substituents is 1. The van der Waals surface area contributed by atoms with Crippen LogP contribution in [0.5, 0.6) is 17.2 Å². The van der Waals surface area contributed by atoms with E-state index >= 15 is 0 Å². The van der Waals surface area contributed by atoms with Crippen LogP contribution in [-0.2, 0) is 5.75 Å². The number of hydrazone groups is 1. The van der Waals surface area contributed by atoms with Gasteiger partial charge in [0.1, 0.15) is 0 Å². The van der Waals surface area contributed by atoms with Crippen molar-refractivity contribution >= 4 is 34.9 Å². The van der Waals surface area contributed by atoms with Gasteiger partial charge in [0.05, 0.1) is 31.5 Å². The number of carbonyl (C=O) groups excluding carboxylic acids is 1. The van der Waals surface area contributed by atoms with Gasteiger partial charge in [-0.25, -0.2) is 10.4 Å². The Balaban J connectivity index is 1.34. The van der Waals surface area contributed by atoms with Crippen molar-refractivity contribution in [3.63, 3.8) is 0 Å². The SMILES string of the molecule is COc1cc(/C=N/NC(=O)c2ccc(CSc3nc4ccccc4[nH]3)cc2)cc(OC)c1O. The summed E-state index contributed by atoms with van der Waals surface area (Å²) in [4.78, 5) is 20.2. The van der Waals surface area contributed by atoms with Gasteiger partial charge in [0.15, 0.2) is 16.7 Å². The predicted molar refractivity (Wildman–Crippen MR) is 128 cm³/mol. The van der Waals surface area contributed by atoms with Gasteiger partial charge in [-0.3, -0.25) is 4.79 Å². The van der Waals surface area contributed by atoms with E-state index in [9.17, 15) is 9.90 Å². The third-order valence-electron chi connectivity index (χ3n) is 4.84. The number of aromatic nitrogens is 2. The maximum absolute atomic E-state index is 12.4. The summed E-state index contributed by atoms with van der Waals surface area (Å²) >= 11 is 1.60. The second kappa shape index (κ2) is 10.1. The van der Waals surface area contributed by atoms with Crippen molar-refractivity contribution in [3.8, 4) is 17.2 Å². The number of rotatable bonds is 8. The molecular weight excluding hydrogens is 440 g/mol. The lowest BCUT2D eigenvalue weighted by Gasteiger charge is -2.09. The summed E-state index contributed by atoms with van der Waals surface area (Å²) in [6.45, 7) is 0. The first-order chi connectivity index (χ1) is 16.1. The van der Waals surface area contributed by atoms with Crippen LogP contribution >= 0.6 is 11.8 Å². The lowest BCUT2D eigenvalue weighted by molar-refractivity contribution is 0.0955. The number of aromatic hydroxyl groups is 1. The molecule has 9 heteroatoms. The fraction of sp³-hybridized carbons (Fsp3) is 0.125. The van der Waals surface area contributed by atoms with Crippen molar-refractivity contribution < 1.29 is 19.4 Å². The molecule has 33 heavy (non-hydrogen) atoms. The van der Waals surface area contributed by atoms with E-state index in [1.165, 1.54) is 20.4 Å². The molecule has 1 aromatic heterocycles. The number of fused-ring (bicyclic) bond motifs is 1. The van der Waals surface area contributed by atoms with Crippen LogP contribution in [0.4, 0.5) is 0 Å². The van der Waals surface area contributed by atoms with Gasteiger partial charge in [0.2, 0.25) is 5.75 Å². The van der Waals surface area contributed by atoms with Crippen molar-refractivity contribution in [3.05, 3.63) is 77.4 Å². The summed E-state index contributed by atoms with van der Waals surface area (Å²) in [7, 11) is 2.88. The minimum Gasteiger partial charge on any atom is -0.502 e. The van der Waals surface area contributed by atoms with E-state index in [0.717, 1.165) is 27.5 Å². The Labute approximate surface area is 194 Å². The molecule has 0 spiro atoms. The van der Waals surface area contributed by atoms with Crippen LogP contribution in [0.2, 0.25) is 0 Å². The van der Waals surface area contributed by atoms with Gasteiger partial charge in [-0.05, 0) is 42.0 Å². The number of amides is 1. The van der Waals surface area contributed by atoms with E-state index in [1.54, 1.807) is 36.0 Å². The number of imidazole rings is 1. The number of hydrogen-bond donors (Lipinski definition) is 3. The lowest BCUT2D eigenvalue weighted by Crippen LogP contribution is -2.17. The molecule has 0 saturated carbocycles. The number of phenols is 1. The molecule has 8 nitrogen and oxygen atoms in total. The zero-order valence-corrected chi connectivity index (χ0v) is 18.8. The van der Waals surface area contributed by atoms with E-state index in [-0.39, 0.29) is 23.2 Å². The van der Waals surface area contributed by atoms with Gasteiger partial charge in [0, 0.05) is 16.9 Å². The Morgan fingerprint density at radius 1 is 1.12 bits per heavy atom. The Morgan fingerprint density at radius 3 is 2.48 bits per heavy atom. The average molecular weight is 463 g/mol. The smallest absolute Gasteiger partial charge is 0.271 e. The molecule has 0 aliphatic carbocycles. The van der Waals surface area contributed by atoms with Crippen molar-refractivity contribution in [2.24, 2.45) is 5.10 Å². The van der Waals surface area contributed by atoms with Crippen molar-refractivity contribution in [2.75, 3.05) is 14.2 Å². The number of H-pyrrole nitrogens is 1. The molecule has 1 amide bonds. The molecule has 4 rings (SSSR count). The maximum atomic E-state index is 12.4. The third kappa shape index (κ3) is 5.27. The third-order valence-corrected chi connectivity index (χ3v) is 5.79. The topological polar surface area (TPSA) is 109 Å². The van der Waals surface area contributed by atoms with E-state index in [4.69, 9.17) is 9.47 Å². The normalized spacial score (nSPS) is 11.1. The molecule has 0 aliphatic rings. The molecule has 3 N–H and O–H groups in total. The Bertz CT molecular complexity index is 1240. The predicted octanol–water partition coefficient (Wildman–Crippen LogP) is 4.34. The van der Waals surface area contributed by atoms with E-state index < -0.39 is 0 Å². The van der Waals surface area contributed by atoms with Crippen LogP contribution in [-0.4, -0.2) is 41.4 Å². The zero-order chi connectivity index (χ0) is 23.2. The van der Waals surface area contributed by atoms with Crippen LogP contribution in [0, 0.1) is 0 Å². The number of hydrogen-bond acceptors (Lipinski definition) is 7. The molecule has 0 aliphatic heterocycles. The largest absolute Gasteiger partial charge is 0.502 e. The summed E-state index contributed by atoms with van der Waals surface area (Å²) in [6.07, 6.45) is 1.45. The highest BCUT2D eigenvalue weighted by Gasteiger charge is 2.11. The lowest BCUT2D eigenvalue weighted by atomic mass is 10.1. The monoisotopic (exact) mass is 462 g/mol. The Hall–Kier alpha value is -3.98. The number of benzene rings is 3. The van der Waals surface area contributed by atoms with Crippen LogP contribution in [0.15, 0.2) is 70.9 Å². The minimum atomic E-state index is -0.333. The van der Waals surface area contributed by atoms with Gasteiger partial charge >= 0.3 is 0 Å². The summed E-state index contributed by atoms with van der Waals surface area (Å²) < 4.78 is 10.2. The first-order valence-electron chi connectivity index (χ1n) is 10.0. The number of nitrogens with one attached hydrogen (secondary N) is 2. The van der Waals surface area contributed by atoms with Gasteiger partial charge in [-0.1, -0.05) is 36.0 Å². The molecule has 4 aromatic rings. The molecular formula is C24H22N4O4S. The second-order valence-electron chi connectivity index (χ2n) is 7.02. The Morgan fingerprint density at radius 2 is 1.82 bits per heavy atom. The summed E-state index contributed by atoms with van der Waals surface area (Å²) in [5, 5.41) is 14.8. The molecule has 0 unspecified atom stereocenters. The second-order valence-corrected chi connectivity index (χ2v) is 7.98. The molecule has 0 bridgehead atoms. The Kier molecular flexibility index (Phi) is 6.80. The van der Waals surface area contributed by atoms with E-state index in [0.29, 0.717) is 11.1 Å². The summed E-state index contributed by atoms with van der Waals surface area (Å²) in [5.41, 5.74) is 6.61. The van der Waals surface area contributed by atoms with Crippen molar-refractivity contribution in [2.45, 2.75) is 10.9 Å². The molecule has 1 heterocycles. The summed E-state index contributed by atoms with van der Waals surface area (Å²) in [6, 6.07) is 18.4. The molecule has 3 aromatic carbocycles. The van der Waals surface area contributed by atoms with Gasteiger partial charge in [-0.15, -0.1) is 0 Å². The number of carbonyl (C=O) groups is 1. The molecule has 0 atom stereocenters. The number of aromatic amines is 1. The van der Waals surface area contributed by atoms with E-state index in [2.05, 4.69) is 20.5 Å². The standard InChI is InChI=1S/C24H22N4O4S/c1-31-20-11-16(12-21(32-2)22(20)29)13-25-28-23(30)17-9-7-15(8-10-17)14-33-24-26-18-5-3-4-6-19(18)27-24/h3-13,29H,14H2,1-2H3,(H,26,27)(H,28,30)/b25-13+. The molecule has 0 radical (unpaired) electrons. The van der Waals surface area contributed by atoms with Crippen molar-refractivity contribution in [1.82, 2.24) is 15.4 Å². The van der Waals surface area contributed by atoms with Crippen LogP contribution < -0.4 is 14.9 Å². The molecule has 0 fully saturated rings. The fourth-order valence-electron chi connectivity index (χ4n) is 3.12. The number of nitrogens with zero attached hydrogens (tertiary/aromatic N) is 2. The molecule has 0 saturated heterocycles.